The van der Waals surface area contributed by atoms with E-state index in [0.29, 0.717) is 12.3 Å². The molecule has 2 aromatic rings. The summed E-state index contributed by atoms with van der Waals surface area (Å²) in [6.45, 7) is 1.50. The summed E-state index contributed by atoms with van der Waals surface area (Å²) in [6.07, 6.45) is 0. The third-order valence-corrected chi connectivity index (χ3v) is 2.81. The molecule has 2 N–H and O–H groups in total. The lowest BCUT2D eigenvalue weighted by atomic mass is 10.3. The highest BCUT2D eigenvalue weighted by Crippen LogP contribution is 2.08. The average Bonchev–Trinajstić information content (AvgIpc) is 2.88. The van der Waals surface area contributed by atoms with E-state index in [0.717, 1.165) is 12.3 Å². The molecule has 2 aromatic heterocycles. The Kier molecular flexibility index (Phi) is 3.55. The molecule has 0 fully saturated rings. The van der Waals surface area contributed by atoms with Crippen LogP contribution in [0.4, 0.5) is 0 Å². The van der Waals surface area contributed by atoms with Crippen molar-refractivity contribution in [2.75, 3.05) is 0 Å². The van der Waals surface area contributed by atoms with Gasteiger partial charge in [-0.1, -0.05) is 0 Å². The topological polar surface area (TPSA) is 45.4 Å². The maximum absolute atomic E-state index is 8.81. The van der Waals surface area contributed by atoms with Crippen LogP contribution in [0.2, 0.25) is 0 Å². The molecule has 0 amide bonds. The largest absolute Gasteiger partial charge is 0.462 e. The molecule has 2 heterocycles. The van der Waals surface area contributed by atoms with Crippen molar-refractivity contribution in [3.05, 3.63) is 46.0 Å². The van der Waals surface area contributed by atoms with E-state index in [4.69, 9.17) is 9.52 Å². The van der Waals surface area contributed by atoms with Gasteiger partial charge in [-0.15, -0.1) is 0 Å². The fourth-order valence-electron chi connectivity index (χ4n) is 1.33. The van der Waals surface area contributed by atoms with Crippen LogP contribution in [0.3, 0.4) is 0 Å². The standard InChI is InChI=1S/C11H13NO2S/c13-7-11-2-1-10(14-11)6-12-5-9-3-4-15-8-9/h1-4,8,12-13H,5-7H2. The fourth-order valence-corrected chi connectivity index (χ4v) is 1.99. The minimum atomic E-state index is -0.0372. The van der Waals surface area contributed by atoms with Crippen LogP contribution < -0.4 is 5.32 Å². The molecule has 0 spiro atoms. The predicted octanol–water partition coefficient (Wildman–Crippen LogP) is 2.12. The van der Waals surface area contributed by atoms with Gasteiger partial charge in [-0.05, 0) is 34.5 Å². The number of nitrogens with one attached hydrogen (secondary N) is 1. The molecule has 0 aliphatic rings. The van der Waals surface area contributed by atoms with E-state index in [2.05, 4.69) is 22.1 Å². The highest BCUT2D eigenvalue weighted by Gasteiger charge is 2.00. The maximum Gasteiger partial charge on any atom is 0.129 e. The monoisotopic (exact) mass is 223 g/mol. The van der Waals surface area contributed by atoms with Gasteiger partial charge in [0.05, 0.1) is 6.54 Å². The van der Waals surface area contributed by atoms with E-state index in [1.165, 1.54) is 5.56 Å². The van der Waals surface area contributed by atoms with Crippen LogP contribution in [-0.2, 0) is 19.7 Å². The third-order valence-electron chi connectivity index (χ3n) is 2.08. The Bertz CT molecular complexity index is 394. The number of thiophene rings is 1. The molecule has 80 valence electrons. The Hall–Kier alpha value is -1.10. The lowest BCUT2D eigenvalue weighted by Crippen LogP contribution is -2.11. The van der Waals surface area contributed by atoms with Crippen LogP contribution >= 0.6 is 11.3 Å². The van der Waals surface area contributed by atoms with Gasteiger partial charge in [-0.25, -0.2) is 0 Å². The second-order valence-electron chi connectivity index (χ2n) is 3.26. The lowest BCUT2D eigenvalue weighted by molar-refractivity contribution is 0.242. The quantitative estimate of drug-likeness (QED) is 0.816. The maximum atomic E-state index is 8.81. The highest BCUT2D eigenvalue weighted by atomic mass is 32.1. The van der Waals surface area contributed by atoms with Crippen molar-refractivity contribution in [3.63, 3.8) is 0 Å². The summed E-state index contributed by atoms with van der Waals surface area (Å²) < 4.78 is 5.34. The molecule has 0 radical (unpaired) electrons. The molecule has 0 saturated heterocycles. The van der Waals surface area contributed by atoms with Crippen LogP contribution in [0.1, 0.15) is 17.1 Å². The van der Waals surface area contributed by atoms with E-state index in [1.54, 1.807) is 17.4 Å². The molecule has 15 heavy (non-hydrogen) atoms. The predicted molar refractivity (Wildman–Crippen MR) is 59.5 cm³/mol. The van der Waals surface area contributed by atoms with E-state index in [-0.39, 0.29) is 6.61 Å². The number of hydrogen-bond acceptors (Lipinski definition) is 4. The van der Waals surface area contributed by atoms with Gasteiger partial charge in [0.1, 0.15) is 18.1 Å². The Balaban J connectivity index is 1.78. The fraction of sp³-hybridized carbons (Fsp3) is 0.273. The summed E-state index contributed by atoms with van der Waals surface area (Å²) in [4.78, 5) is 0. The molecule has 0 saturated carbocycles. The van der Waals surface area contributed by atoms with Gasteiger partial charge < -0.3 is 14.8 Å². The summed E-state index contributed by atoms with van der Waals surface area (Å²) >= 11 is 1.70. The minimum Gasteiger partial charge on any atom is -0.462 e. The lowest BCUT2D eigenvalue weighted by Gasteiger charge is -1.99. The average molecular weight is 223 g/mol. The van der Waals surface area contributed by atoms with Crippen LogP contribution in [0.15, 0.2) is 33.4 Å². The second-order valence-corrected chi connectivity index (χ2v) is 4.04. The second kappa shape index (κ2) is 5.11. The van der Waals surface area contributed by atoms with Crippen LogP contribution in [0.5, 0.6) is 0 Å². The molecule has 0 aromatic carbocycles. The first-order valence-electron chi connectivity index (χ1n) is 4.79. The Morgan fingerprint density at radius 1 is 1.20 bits per heavy atom. The van der Waals surface area contributed by atoms with Crippen LogP contribution in [-0.4, -0.2) is 5.11 Å². The van der Waals surface area contributed by atoms with Gasteiger partial charge in [0.15, 0.2) is 0 Å². The summed E-state index contributed by atoms with van der Waals surface area (Å²) in [6, 6.07) is 5.77. The van der Waals surface area contributed by atoms with E-state index >= 15 is 0 Å². The summed E-state index contributed by atoms with van der Waals surface area (Å²) in [5, 5.41) is 16.3. The molecular formula is C11H13NO2S. The van der Waals surface area contributed by atoms with Gasteiger partial charge in [-0.2, -0.15) is 11.3 Å². The summed E-state index contributed by atoms with van der Waals surface area (Å²) in [5.74, 6) is 1.47. The van der Waals surface area contributed by atoms with Gasteiger partial charge >= 0.3 is 0 Å². The molecule has 0 unspecified atom stereocenters. The van der Waals surface area contributed by atoms with Gasteiger partial charge in [0.25, 0.3) is 0 Å². The van der Waals surface area contributed by atoms with E-state index < -0.39 is 0 Å². The summed E-state index contributed by atoms with van der Waals surface area (Å²) in [7, 11) is 0. The zero-order valence-electron chi connectivity index (χ0n) is 8.27. The molecule has 4 heteroatoms. The molecule has 2 rings (SSSR count). The third kappa shape index (κ3) is 2.92. The number of aliphatic hydroxyl groups excluding tert-OH is 1. The molecule has 3 nitrogen and oxygen atoms in total. The van der Waals surface area contributed by atoms with Gasteiger partial charge in [-0.3, -0.25) is 0 Å². The first kappa shape index (κ1) is 10.4. The van der Waals surface area contributed by atoms with Crippen molar-refractivity contribution < 1.29 is 9.52 Å². The van der Waals surface area contributed by atoms with Gasteiger partial charge in [0.2, 0.25) is 0 Å². The summed E-state index contributed by atoms with van der Waals surface area (Å²) in [5.41, 5.74) is 1.29. The van der Waals surface area contributed by atoms with Crippen molar-refractivity contribution >= 4 is 11.3 Å². The zero-order chi connectivity index (χ0) is 10.5. The van der Waals surface area contributed by atoms with E-state index in [1.807, 2.05) is 6.07 Å². The molecule has 0 atom stereocenters. The van der Waals surface area contributed by atoms with Crippen LogP contribution in [0.25, 0.3) is 0 Å². The smallest absolute Gasteiger partial charge is 0.129 e. The highest BCUT2D eigenvalue weighted by molar-refractivity contribution is 7.07. The number of aliphatic hydroxyl groups is 1. The normalized spacial score (nSPS) is 10.7. The van der Waals surface area contributed by atoms with Crippen molar-refractivity contribution in [1.82, 2.24) is 5.32 Å². The van der Waals surface area contributed by atoms with Crippen molar-refractivity contribution in [1.29, 1.82) is 0 Å². The Morgan fingerprint density at radius 2 is 2.07 bits per heavy atom. The number of furan rings is 1. The van der Waals surface area contributed by atoms with E-state index in [9.17, 15) is 0 Å². The molecular weight excluding hydrogens is 210 g/mol. The Labute approximate surface area is 92.4 Å². The van der Waals surface area contributed by atoms with Crippen molar-refractivity contribution in [2.45, 2.75) is 19.7 Å². The Morgan fingerprint density at radius 3 is 2.73 bits per heavy atom. The SMILES string of the molecule is OCc1ccc(CNCc2ccsc2)o1. The molecule has 0 aliphatic heterocycles. The van der Waals surface area contributed by atoms with Crippen molar-refractivity contribution in [3.8, 4) is 0 Å². The first-order chi connectivity index (χ1) is 7.38. The molecule has 0 aliphatic carbocycles. The number of hydrogen-bond donors (Lipinski definition) is 2. The minimum absolute atomic E-state index is 0.0372. The first-order valence-corrected chi connectivity index (χ1v) is 5.73. The van der Waals surface area contributed by atoms with Crippen molar-refractivity contribution in [2.24, 2.45) is 0 Å². The van der Waals surface area contributed by atoms with Crippen LogP contribution in [0, 0.1) is 0 Å². The molecule has 0 bridgehead atoms. The van der Waals surface area contributed by atoms with Gasteiger partial charge in [0, 0.05) is 6.54 Å². The zero-order valence-corrected chi connectivity index (χ0v) is 9.09. The number of rotatable bonds is 5.